The maximum Gasteiger partial charge on any atom is 0.231 e. The van der Waals surface area contributed by atoms with E-state index in [1.807, 2.05) is 36.4 Å². The summed E-state index contributed by atoms with van der Waals surface area (Å²) in [6.07, 6.45) is 7.05. The highest BCUT2D eigenvalue weighted by Crippen LogP contribution is 2.32. The van der Waals surface area contributed by atoms with Gasteiger partial charge in [0, 0.05) is 10.0 Å². The van der Waals surface area contributed by atoms with Crippen LogP contribution in [0.1, 0.15) is 15.9 Å². The molecule has 1 heterocycles. The molecule has 0 amide bonds. The van der Waals surface area contributed by atoms with E-state index in [0.717, 1.165) is 10.0 Å². The molecule has 1 aliphatic heterocycles. The number of allylic oxidation sites excluding steroid dienone is 3. The largest absolute Gasteiger partial charge is 0.454 e. The van der Waals surface area contributed by atoms with Crippen molar-refractivity contribution >= 4 is 27.8 Å². The first-order valence-electron chi connectivity index (χ1n) is 6.77. The molecule has 0 fully saturated rings. The second-order valence-electron chi connectivity index (χ2n) is 4.70. The minimum absolute atomic E-state index is 0.0706. The molecular weight excluding hydrogens is 344 g/mol. The van der Waals surface area contributed by atoms with Gasteiger partial charge < -0.3 is 9.47 Å². The van der Waals surface area contributed by atoms with E-state index in [9.17, 15) is 4.79 Å². The van der Waals surface area contributed by atoms with Crippen LogP contribution in [0.4, 0.5) is 0 Å². The van der Waals surface area contributed by atoms with Gasteiger partial charge in [0.2, 0.25) is 6.79 Å². The Morgan fingerprint density at radius 3 is 2.59 bits per heavy atom. The van der Waals surface area contributed by atoms with E-state index in [1.165, 1.54) is 6.08 Å². The van der Waals surface area contributed by atoms with Crippen LogP contribution in [0.5, 0.6) is 11.5 Å². The summed E-state index contributed by atoms with van der Waals surface area (Å²) in [4.78, 5) is 12.1. The van der Waals surface area contributed by atoms with Crippen LogP contribution in [0.2, 0.25) is 0 Å². The number of rotatable bonds is 4. The summed E-state index contributed by atoms with van der Waals surface area (Å²) in [5, 5.41) is 0. The average molecular weight is 357 g/mol. The number of ether oxygens (including phenoxy) is 2. The van der Waals surface area contributed by atoms with Crippen LogP contribution in [0.15, 0.2) is 65.2 Å². The van der Waals surface area contributed by atoms with Crippen LogP contribution in [0.3, 0.4) is 0 Å². The van der Waals surface area contributed by atoms with Crippen LogP contribution in [-0.4, -0.2) is 12.6 Å². The fraction of sp³-hybridized carbons (Fsp3) is 0.0556. The maximum atomic E-state index is 12.1. The zero-order chi connectivity index (χ0) is 15.4. The average Bonchev–Trinajstić information content (AvgIpc) is 3.00. The van der Waals surface area contributed by atoms with Gasteiger partial charge in [-0.3, -0.25) is 4.79 Å². The molecule has 0 spiro atoms. The fourth-order valence-corrected chi connectivity index (χ4v) is 2.29. The Morgan fingerprint density at radius 2 is 1.77 bits per heavy atom. The minimum Gasteiger partial charge on any atom is -0.454 e. The molecule has 2 aromatic rings. The van der Waals surface area contributed by atoms with Crippen LogP contribution in [0.25, 0.3) is 6.08 Å². The summed E-state index contributed by atoms with van der Waals surface area (Å²) in [5.74, 6) is 1.22. The number of benzene rings is 2. The van der Waals surface area contributed by atoms with Gasteiger partial charge in [0.15, 0.2) is 17.3 Å². The second kappa shape index (κ2) is 6.62. The highest BCUT2D eigenvalue weighted by molar-refractivity contribution is 9.10. The fourth-order valence-electron chi connectivity index (χ4n) is 2.03. The predicted molar refractivity (Wildman–Crippen MR) is 89.2 cm³/mol. The van der Waals surface area contributed by atoms with Crippen LogP contribution in [-0.2, 0) is 0 Å². The Bertz CT molecular complexity index is 745. The Labute approximate surface area is 137 Å². The third kappa shape index (κ3) is 3.46. The summed E-state index contributed by atoms with van der Waals surface area (Å²) in [6, 6.07) is 13.1. The molecule has 0 aliphatic carbocycles. The standard InChI is InChI=1S/C18H13BrO3/c19-15-8-5-13(6-9-15)3-1-2-4-16(20)14-7-10-17-18(11-14)22-12-21-17/h1-11H,12H2/b3-1+,4-2+. The van der Waals surface area contributed by atoms with Gasteiger partial charge in [0.1, 0.15) is 0 Å². The van der Waals surface area contributed by atoms with E-state index in [2.05, 4.69) is 15.9 Å². The van der Waals surface area contributed by atoms with E-state index in [4.69, 9.17) is 9.47 Å². The van der Waals surface area contributed by atoms with Gasteiger partial charge in [-0.15, -0.1) is 0 Å². The zero-order valence-electron chi connectivity index (χ0n) is 11.7. The molecule has 0 aromatic heterocycles. The molecule has 2 aromatic carbocycles. The lowest BCUT2D eigenvalue weighted by atomic mass is 10.1. The molecule has 3 rings (SSSR count). The van der Waals surface area contributed by atoms with Gasteiger partial charge in [-0.2, -0.15) is 0 Å². The summed E-state index contributed by atoms with van der Waals surface area (Å²) in [7, 11) is 0. The topological polar surface area (TPSA) is 35.5 Å². The van der Waals surface area contributed by atoms with Crippen LogP contribution >= 0.6 is 15.9 Å². The van der Waals surface area contributed by atoms with Crippen molar-refractivity contribution < 1.29 is 14.3 Å². The molecule has 0 radical (unpaired) electrons. The quantitative estimate of drug-likeness (QED) is 0.455. The molecular formula is C18H13BrO3. The van der Waals surface area contributed by atoms with E-state index >= 15 is 0 Å². The Kier molecular flexibility index (Phi) is 4.39. The minimum atomic E-state index is -0.0706. The van der Waals surface area contributed by atoms with E-state index in [0.29, 0.717) is 17.1 Å². The first-order valence-corrected chi connectivity index (χ1v) is 7.56. The van der Waals surface area contributed by atoms with Crippen molar-refractivity contribution in [2.75, 3.05) is 6.79 Å². The molecule has 0 saturated carbocycles. The summed E-state index contributed by atoms with van der Waals surface area (Å²) in [5.41, 5.74) is 1.65. The predicted octanol–water partition coefficient (Wildman–Crippen LogP) is 4.63. The smallest absolute Gasteiger partial charge is 0.231 e. The van der Waals surface area contributed by atoms with Crippen LogP contribution in [0, 0.1) is 0 Å². The lowest BCUT2D eigenvalue weighted by Crippen LogP contribution is -1.94. The molecule has 3 nitrogen and oxygen atoms in total. The summed E-state index contributed by atoms with van der Waals surface area (Å²) >= 11 is 3.39. The number of ketones is 1. The number of hydrogen-bond donors (Lipinski definition) is 0. The molecule has 4 heteroatoms. The molecule has 0 unspecified atom stereocenters. The number of fused-ring (bicyclic) bond motifs is 1. The van der Waals surface area contributed by atoms with Crippen LogP contribution < -0.4 is 9.47 Å². The van der Waals surface area contributed by atoms with E-state index in [1.54, 1.807) is 24.3 Å². The van der Waals surface area contributed by atoms with E-state index < -0.39 is 0 Å². The van der Waals surface area contributed by atoms with Gasteiger partial charge in [-0.05, 0) is 42.0 Å². The lowest BCUT2D eigenvalue weighted by molar-refractivity contribution is 0.104. The number of carbonyl (C=O) groups excluding carboxylic acids is 1. The molecule has 0 atom stereocenters. The van der Waals surface area contributed by atoms with Crippen molar-refractivity contribution in [3.8, 4) is 11.5 Å². The van der Waals surface area contributed by atoms with Gasteiger partial charge in [0.05, 0.1) is 0 Å². The Balaban J connectivity index is 1.65. The number of halogens is 1. The monoisotopic (exact) mass is 356 g/mol. The van der Waals surface area contributed by atoms with Crippen molar-refractivity contribution in [3.05, 3.63) is 76.3 Å². The van der Waals surface area contributed by atoms with Gasteiger partial charge in [-0.25, -0.2) is 0 Å². The van der Waals surface area contributed by atoms with E-state index in [-0.39, 0.29) is 12.6 Å². The molecule has 1 aliphatic rings. The normalized spacial score (nSPS) is 13.1. The second-order valence-corrected chi connectivity index (χ2v) is 5.62. The maximum absolute atomic E-state index is 12.1. The SMILES string of the molecule is O=C(/C=C/C=C/c1ccc(Br)cc1)c1ccc2c(c1)OCO2. The lowest BCUT2D eigenvalue weighted by Gasteiger charge is -1.98. The first-order chi connectivity index (χ1) is 10.7. The molecule has 0 saturated heterocycles. The third-order valence-corrected chi connectivity index (χ3v) is 3.70. The van der Waals surface area contributed by atoms with Gasteiger partial charge in [0.25, 0.3) is 0 Å². The summed E-state index contributed by atoms with van der Waals surface area (Å²) in [6.45, 7) is 0.207. The summed E-state index contributed by atoms with van der Waals surface area (Å²) < 4.78 is 11.5. The van der Waals surface area contributed by atoms with Crippen molar-refractivity contribution in [2.24, 2.45) is 0 Å². The first kappa shape index (κ1) is 14.6. The molecule has 0 bridgehead atoms. The van der Waals surface area contributed by atoms with Crippen molar-refractivity contribution in [1.29, 1.82) is 0 Å². The number of hydrogen-bond acceptors (Lipinski definition) is 3. The van der Waals surface area contributed by atoms with Gasteiger partial charge >= 0.3 is 0 Å². The van der Waals surface area contributed by atoms with Crippen molar-refractivity contribution in [2.45, 2.75) is 0 Å². The Hall–Kier alpha value is -2.33. The van der Waals surface area contributed by atoms with Crippen molar-refractivity contribution in [1.82, 2.24) is 0 Å². The highest BCUT2D eigenvalue weighted by atomic mass is 79.9. The third-order valence-electron chi connectivity index (χ3n) is 3.17. The highest BCUT2D eigenvalue weighted by Gasteiger charge is 2.14. The molecule has 110 valence electrons. The zero-order valence-corrected chi connectivity index (χ0v) is 13.2. The Morgan fingerprint density at radius 1 is 1.00 bits per heavy atom. The van der Waals surface area contributed by atoms with Gasteiger partial charge in [-0.1, -0.05) is 46.3 Å². The number of carbonyl (C=O) groups is 1. The molecule has 22 heavy (non-hydrogen) atoms. The van der Waals surface area contributed by atoms with Crippen molar-refractivity contribution in [3.63, 3.8) is 0 Å². The molecule has 0 N–H and O–H groups in total.